The van der Waals surface area contributed by atoms with Gasteiger partial charge in [-0.25, -0.2) is 9.37 Å². The fourth-order valence-electron chi connectivity index (χ4n) is 3.31. The van der Waals surface area contributed by atoms with E-state index in [0.29, 0.717) is 27.5 Å². The third-order valence-electron chi connectivity index (χ3n) is 4.97. The van der Waals surface area contributed by atoms with Crippen LogP contribution in [-0.4, -0.2) is 60.0 Å². The van der Waals surface area contributed by atoms with Crippen LogP contribution in [0.15, 0.2) is 6.33 Å². The molecule has 1 aliphatic heterocycles. The first-order valence-electron chi connectivity index (χ1n) is 8.16. The van der Waals surface area contributed by atoms with Crippen molar-refractivity contribution in [2.75, 3.05) is 22.1 Å². The Kier molecular flexibility index (Phi) is 4.03. The first-order valence-corrected chi connectivity index (χ1v) is 9.68. The summed E-state index contributed by atoms with van der Waals surface area (Å²) in [5.41, 5.74) is 4.88. The summed E-state index contributed by atoms with van der Waals surface area (Å²) in [5, 5.41) is 10.2. The average Bonchev–Trinajstić information content (AvgIpc) is 3.30. The molecule has 3 N–H and O–H groups in total. The number of aliphatic hydroxyl groups excluding tert-OH is 1. The van der Waals surface area contributed by atoms with E-state index < -0.39 is 24.1 Å². The van der Waals surface area contributed by atoms with E-state index in [4.69, 9.17) is 10.5 Å². The van der Waals surface area contributed by atoms with Gasteiger partial charge in [0.2, 0.25) is 5.95 Å². The molecule has 4 rings (SSSR count). The minimum atomic E-state index is -1.97. The summed E-state index contributed by atoms with van der Waals surface area (Å²) in [7, 11) is 1.94. The number of aromatic nitrogens is 4. The molecule has 2 aromatic heterocycles. The summed E-state index contributed by atoms with van der Waals surface area (Å²) in [6, 6.07) is 0.419. The van der Waals surface area contributed by atoms with E-state index in [0.717, 1.165) is 12.8 Å². The number of hydrogen-bond acceptors (Lipinski definition) is 7. The molecule has 136 valence electrons. The van der Waals surface area contributed by atoms with Crippen molar-refractivity contribution in [1.29, 1.82) is 0 Å². The quantitative estimate of drug-likeness (QED) is 0.524. The highest BCUT2D eigenvalue weighted by molar-refractivity contribution is 14.1. The number of nitrogens with zero attached hydrogens (tertiary/aromatic N) is 5. The lowest BCUT2D eigenvalue weighted by atomic mass is 9.99. The number of imidazole rings is 1. The molecule has 0 bridgehead atoms. The minimum absolute atomic E-state index is 0.0984. The first kappa shape index (κ1) is 17.2. The molecule has 1 aliphatic carbocycles. The average molecular weight is 462 g/mol. The van der Waals surface area contributed by atoms with Gasteiger partial charge in [0.1, 0.15) is 6.10 Å². The Morgan fingerprint density at radius 2 is 2.24 bits per heavy atom. The third-order valence-corrected chi connectivity index (χ3v) is 5.84. The fourth-order valence-corrected chi connectivity index (χ4v) is 4.00. The molecule has 0 amide bonds. The summed E-state index contributed by atoms with van der Waals surface area (Å²) in [5.74, 6) is 0.731. The molecule has 1 unspecified atom stereocenters. The van der Waals surface area contributed by atoms with Gasteiger partial charge in [-0.3, -0.25) is 4.57 Å². The zero-order chi connectivity index (χ0) is 17.9. The molecule has 8 nitrogen and oxygen atoms in total. The summed E-state index contributed by atoms with van der Waals surface area (Å²) in [6.07, 6.45) is 0.834. The largest absolute Gasteiger partial charge is 0.387 e. The zero-order valence-corrected chi connectivity index (χ0v) is 16.1. The van der Waals surface area contributed by atoms with Crippen molar-refractivity contribution >= 4 is 45.5 Å². The number of alkyl halides is 2. The SMILES string of the molecule is CN(c1nc(N)nc2c1ncn2[C@@H]1OC(CI)[C@@H](O)[C@@]1(C)F)C1CC1. The van der Waals surface area contributed by atoms with Gasteiger partial charge in [0.05, 0.1) is 12.4 Å². The topological polar surface area (TPSA) is 102 Å². The smallest absolute Gasteiger partial charge is 0.224 e. The van der Waals surface area contributed by atoms with Gasteiger partial charge in [-0.15, -0.1) is 0 Å². The maximum atomic E-state index is 15.2. The summed E-state index contributed by atoms with van der Waals surface area (Å²) in [4.78, 5) is 15.0. The molecular formula is C15H20FIN6O2. The lowest BCUT2D eigenvalue weighted by Gasteiger charge is -2.25. The van der Waals surface area contributed by atoms with Gasteiger partial charge in [0, 0.05) is 17.5 Å². The van der Waals surface area contributed by atoms with Crippen molar-refractivity contribution in [2.45, 2.75) is 49.9 Å². The van der Waals surface area contributed by atoms with Crippen molar-refractivity contribution in [3.05, 3.63) is 6.33 Å². The van der Waals surface area contributed by atoms with Crippen LogP contribution in [0.4, 0.5) is 16.2 Å². The molecule has 1 saturated heterocycles. The van der Waals surface area contributed by atoms with Crippen LogP contribution in [0.1, 0.15) is 26.0 Å². The second-order valence-corrected chi connectivity index (χ2v) is 7.73. The summed E-state index contributed by atoms with van der Waals surface area (Å²) >= 11 is 2.07. The van der Waals surface area contributed by atoms with Crippen molar-refractivity contribution < 1.29 is 14.2 Å². The third kappa shape index (κ3) is 2.65. The van der Waals surface area contributed by atoms with E-state index in [1.165, 1.54) is 17.8 Å². The standard InChI is InChI=1S/C15H20FIN6O2/c1-15(16)10(24)8(5-17)25-13(15)23-6-19-9-11(22(2)7-3-4-7)20-14(18)21-12(9)23/h6-8,10,13,24H,3-5H2,1-2H3,(H2,18,20,21)/t8?,10-,13-,15-/m1/s1. The highest BCUT2D eigenvalue weighted by Gasteiger charge is 2.55. The number of hydrogen-bond donors (Lipinski definition) is 2. The maximum absolute atomic E-state index is 15.2. The Bertz CT molecular complexity index is 811. The lowest BCUT2D eigenvalue weighted by molar-refractivity contribution is -0.0413. The molecule has 4 atom stereocenters. The normalized spacial score (nSPS) is 32.4. The van der Waals surface area contributed by atoms with Gasteiger partial charge in [-0.2, -0.15) is 9.97 Å². The van der Waals surface area contributed by atoms with Crippen LogP contribution >= 0.6 is 22.6 Å². The molecule has 10 heteroatoms. The van der Waals surface area contributed by atoms with E-state index in [-0.39, 0.29) is 5.95 Å². The number of rotatable bonds is 4. The fraction of sp³-hybridized carbons (Fsp3) is 0.667. The molecule has 0 radical (unpaired) electrons. The van der Waals surface area contributed by atoms with E-state index >= 15 is 4.39 Å². The number of nitrogens with two attached hydrogens (primary N) is 1. The highest BCUT2D eigenvalue weighted by Crippen LogP contribution is 2.43. The highest BCUT2D eigenvalue weighted by atomic mass is 127. The number of aliphatic hydroxyl groups is 1. The molecule has 2 aliphatic rings. The molecular weight excluding hydrogens is 442 g/mol. The Morgan fingerprint density at radius 3 is 2.84 bits per heavy atom. The van der Waals surface area contributed by atoms with Crippen molar-refractivity contribution in [2.24, 2.45) is 0 Å². The first-order chi connectivity index (χ1) is 11.8. The van der Waals surface area contributed by atoms with Crippen LogP contribution in [0.5, 0.6) is 0 Å². The Hall–Kier alpha value is -1.27. The Morgan fingerprint density at radius 1 is 1.52 bits per heavy atom. The summed E-state index contributed by atoms with van der Waals surface area (Å²) in [6.45, 7) is 1.34. The summed E-state index contributed by atoms with van der Waals surface area (Å²) < 4.78 is 22.9. The van der Waals surface area contributed by atoms with Gasteiger partial charge in [-0.1, -0.05) is 22.6 Å². The number of halogens is 2. The number of ether oxygens (including phenoxy) is 1. The van der Waals surface area contributed by atoms with E-state index in [2.05, 4.69) is 37.5 Å². The second-order valence-electron chi connectivity index (χ2n) is 6.85. The minimum Gasteiger partial charge on any atom is -0.387 e. The molecule has 2 aromatic rings. The van der Waals surface area contributed by atoms with Gasteiger partial charge in [0.15, 0.2) is 28.9 Å². The van der Waals surface area contributed by atoms with Gasteiger partial charge >= 0.3 is 0 Å². The van der Waals surface area contributed by atoms with Gasteiger partial charge in [0.25, 0.3) is 0 Å². The van der Waals surface area contributed by atoms with Crippen LogP contribution in [-0.2, 0) is 4.74 Å². The van der Waals surface area contributed by atoms with Crippen molar-refractivity contribution in [3.8, 4) is 0 Å². The van der Waals surface area contributed by atoms with Gasteiger partial charge < -0.3 is 20.5 Å². The van der Waals surface area contributed by atoms with Crippen LogP contribution in [0.3, 0.4) is 0 Å². The molecule has 0 aromatic carbocycles. The number of anilines is 2. The molecule has 0 spiro atoms. The van der Waals surface area contributed by atoms with Crippen LogP contribution < -0.4 is 10.6 Å². The molecule has 2 fully saturated rings. The maximum Gasteiger partial charge on any atom is 0.224 e. The van der Waals surface area contributed by atoms with E-state index in [1.807, 2.05) is 11.9 Å². The number of nitrogen functional groups attached to an aromatic ring is 1. The molecule has 25 heavy (non-hydrogen) atoms. The lowest BCUT2D eigenvalue weighted by Crippen LogP contribution is -2.40. The Balaban J connectivity index is 1.81. The van der Waals surface area contributed by atoms with E-state index in [1.54, 1.807) is 0 Å². The van der Waals surface area contributed by atoms with Crippen molar-refractivity contribution in [1.82, 2.24) is 19.5 Å². The van der Waals surface area contributed by atoms with Crippen LogP contribution in [0.25, 0.3) is 11.2 Å². The number of fused-ring (bicyclic) bond motifs is 1. The van der Waals surface area contributed by atoms with Crippen molar-refractivity contribution in [3.63, 3.8) is 0 Å². The van der Waals surface area contributed by atoms with Crippen LogP contribution in [0.2, 0.25) is 0 Å². The second kappa shape index (κ2) is 5.88. The monoisotopic (exact) mass is 462 g/mol. The molecule has 3 heterocycles. The predicted molar refractivity (Wildman–Crippen MR) is 99.5 cm³/mol. The molecule has 1 saturated carbocycles. The van der Waals surface area contributed by atoms with Gasteiger partial charge in [-0.05, 0) is 19.8 Å². The predicted octanol–water partition coefficient (Wildman–Crippen LogP) is 1.43. The van der Waals surface area contributed by atoms with E-state index in [9.17, 15) is 5.11 Å². The van der Waals surface area contributed by atoms with Crippen LogP contribution in [0, 0.1) is 0 Å². The Labute approximate surface area is 157 Å². The zero-order valence-electron chi connectivity index (χ0n) is 13.9.